The molecule has 0 saturated heterocycles. The molecule has 108 valence electrons. The molecule has 1 heterocycles. The second kappa shape index (κ2) is 6.42. The van der Waals surface area contributed by atoms with Crippen LogP contribution in [-0.4, -0.2) is 17.0 Å². The van der Waals surface area contributed by atoms with Crippen molar-refractivity contribution < 1.29 is 14.1 Å². The summed E-state index contributed by atoms with van der Waals surface area (Å²) in [5, 5.41) is 13.9. The molecule has 1 aromatic carbocycles. The van der Waals surface area contributed by atoms with Crippen LogP contribution in [0.25, 0.3) is 0 Å². The number of hydrogen-bond donors (Lipinski definition) is 1. The molecule has 0 aliphatic carbocycles. The number of amides is 1. The Kier molecular flexibility index (Phi) is 4.61. The van der Waals surface area contributed by atoms with Crippen molar-refractivity contribution in [2.75, 3.05) is 0 Å². The van der Waals surface area contributed by atoms with E-state index in [0.717, 1.165) is 0 Å². The molecule has 2 rings (SSSR count). The maximum absolute atomic E-state index is 12.8. The second-order valence-corrected chi connectivity index (χ2v) is 5.21. The zero-order chi connectivity index (χ0) is 15.4. The van der Waals surface area contributed by atoms with Crippen molar-refractivity contribution in [2.24, 2.45) is 5.10 Å². The van der Waals surface area contributed by atoms with Crippen LogP contribution < -0.4 is 5.43 Å². The van der Waals surface area contributed by atoms with Crippen molar-refractivity contribution in [3.05, 3.63) is 61.0 Å². The summed E-state index contributed by atoms with van der Waals surface area (Å²) < 4.78 is 12.8. The summed E-state index contributed by atoms with van der Waals surface area (Å²) in [6.45, 7) is 0. The molecule has 1 aromatic heterocycles. The number of nitro benzene ring substituents is 1. The molecule has 0 unspecified atom stereocenters. The van der Waals surface area contributed by atoms with E-state index in [4.69, 9.17) is 11.6 Å². The highest BCUT2D eigenvalue weighted by atomic mass is 35.5. The molecule has 0 spiro atoms. The Morgan fingerprint density at radius 3 is 2.81 bits per heavy atom. The van der Waals surface area contributed by atoms with Gasteiger partial charge in [-0.2, -0.15) is 9.49 Å². The fraction of sp³-hybridized carbons (Fsp3) is 0. The van der Waals surface area contributed by atoms with Crippen molar-refractivity contribution in [3.8, 4) is 0 Å². The summed E-state index contributed by atoms with van der Waals surface area (Å²) >= 11 is 6.36. The van der Waals surface area contributed by atoms with Gasteiger partial charge in [0.05, 0.1) is 16.0 Å². The summed E-state index contributed by atoms with van der Waals surface area (Å²) in [4.78, 5) is 21.8. The summed E-state index contributed by atoms with van der Waals surface area (Å²) in [5.41, 5.74) is 2.33. The normalized spacial score (nSPS) is 10.8. The van der Waals surface area contributed by atoms with E-state index in [0.29, 0.717) is 16.9 Å². The maximum Gasteiger partial charge on any atom is 0.288 e. The van der Waals surface area contributed by atoms with Crippen molar-refractivity contribution in [1.82, 2.24) is 5.43 Å². The first-order valence-electron chi connectivity index (χ1n) is 5.50. The van der Waals surface area contributed by atoms with Crippen molar-refractivity contribution in [2.45, 2.75) is 0 Å². The minimum atomic E-state index is -0.618. The van der Waals surface area contributed by atoms with Crippen LogP contribution in [0.4, 0.5) is 10.1 Å². The minimum absolute atomic E-state index is 0.00949. The van der Waals surface area contributed by atoms with Gasteiger partial charge < -0.3 is 0 Å². The number of halogens is 2. The van der Waals surface area contributed by atoms with Crippen LogP contribution in [0.5, 0.6) is 0 Å². The lowest BCUT2D eigenvalue weighted by Gasteiger charge is -1.98. The van der Waals surface area contributed by atoms with Gasteiger partial charge in [0.2, 0.25) is 0 Å². The zero-order valence-electron chi connectivity index (χ0n) is 10.2. The second-order valence-electron chi connectivity index (χ2n) is 3.77. The van der Waals surface area contributed by atoms with Crippen molar-refractivity contribution in [1.29, 1.82) is 0 Å². The lowest BCUT2D eigenvalue weighted by molar-refractivity contribution is -0.384. The number of thiophene rings is 1. The van der Waals surface area contributed by atoms with Crippen LogP contribution >= 0.6 is 22.9 Å². The Morgan fingerprint density at radius 2 is 2.19 bits per heavy atom. The Balaban J connectivity index is 2.06. The number of hydrazone groups is 1. The Morgan fingerprint density at radius 1 is 1.43 bits per heavy atom. The number of hydrogen-bond acceptors (Lipinski definition) is 5. The highest BCUT2D eigenvalue weighted by Gasteiger charge is 2.12. The number of rotatable bonds is 4. The summed E-state index contributed by atoms with van der Waals surface area (Å²) in [6.07, 6.45) is 1.23. The van der Waals surface area contributed by atoms with Gasteiger partial charge in [0.15, 0.2) is 5.13 Å². The van der Waals surface area contributed by atoms with Crippen molar-refractivity contribution >= 4 is 40.7 Å². The number of benzene rings is 1. The number of nitrogens with one attached hydrogen (secondary N) is 1. The quantitative estimate of drug-likeness (QED) is 0.531. The first kappa shape index (κ1) is 15.1. The number of nitrogens with zero attached hydrogens (tertiary/aromatic N) is 2. The van der Waals surface area contributed by atoms with Gasteiger partial charge in [-0.15, -0.1) is 11.3 Å². The summed E-state index contributed by atoms with van der Waals surface area (Å²) in [6, 6.07) is 6.60. The molecule has 0 fully saturated rings. The van der Waals surface area contributed by atoms with Gasteiger partial charge in [0, 0.05) is 11.6 Å². The van der Waals surface area contributed by atoms with E-state index >= 15 is 0 Å². The number of nitro groups is 1. The predicted octanol–water partition coefficient (Wildman–Crippen LogP) is 3.21. The molecule has 6 nitrogen and oxygen atoms in total. The molecule has 0 saturated carbocycles. The van der Waals surface area contributed by atoms with E-state index in [1.165, 1.54) is 36.5 Å². The first-order valence-corrected chi connectivity index (χ1v) is 6.69. The lowest BCUT2D eigenvalue weighted by atomic mass is 10.2. The minimum Gasteiger partial charge on any atom is -0.266 e. The van der Waals surface area contributed by atoms with Gasteiger partial charge in [0.25, 0.3) is 11.6 Å². The van der Waals surface area contributed by atoms with E-state index in [9.17, 15) is 19.3 Å². The van der Waals surface area contributed by atoms with Gasteiger partial charge in [-0.05, 0) is 18.2 Å². The van der Waals surface area contributed by atoms with Gasteiger partial charge in [-0.3, -0.25) is 14.9 Å². The molecule has 9 heteroatoms. The number of carbonyl (C=O) groups excluding carboxylic acids is 1. The molecule has 21 heavy (non-hydrogen) atoms. The average Bonchev–Trinajstić information content (AvgIpc) is 2.87. The Hall–Kier alpha value is -2.32. The highest BCUT2D eigenvalue weighted by Crippen LogP contribution is 2.24. The van der Waals surface area contributed by atoms with E-state index in [2.05, 4.69) is 10.5 Å². The fourth-order valence-corrected chi connectivity index (χ4v) is 2.21. The first-order chi connectivity index (χ1) is 9.97. The summed E-state index contributed by atoms with van der Waals surface area (Å²) in [5.74, 6) is -0.566. The molecule has 1 amide bonds. The number of carbonyl (C=O) groups is 1. The SMILES string of the molecule is O=C(N/N=C/c1ccc(Cl)c([N+](=O)[O-])c1)c1ccc(F)s1. The molecular formula is C12H7ClFN3O3S. The molecule has 0 bridgehead atoms. The standard InChI is InChI=1S/C12H7ClFN3O3S/c13-8-2-1-7(5-9(8)17(19)20)6-15-16-12(18)10-3-4-11(14)21-10/h1-6H,(H,16,18)/b15-6+. The van der Waals surface area contributed by atoms with Gasteiger partial charge in [-0.1, -0.05) is 17.7 Å². The van der Waals surface area contributed by atoms with Gasteiger partial charge in [0.1, 0.15) is 5.02 Å². The smallest absolute Gasteiger partial charge is 0.266 e. The Bertz CT molecular complexity index is 732. The lowest BCUT2D eigenvalue weighted by Crippen LogP contribution is -2.16. The monoisotopic (exact) mass is 327 g/mol. The fourth-order valence-electron chi connectivity index (χ4n) is 1.41. The van der Waals surface area contributed by atoms with E-state index in [-0.39, 0.29) is 15.6 Å². The molecule has 1 N–H and O–H groups in total. The third kappa shape index (κ3) is 3.83. The van der Waals surface area contributed by atoms with Crippen LogP contribution in [0.2, 0.25) is 5.02 Å². The van der Waals surface area contributed by atoms with Crippen LogP contribution in [-0.2, 0) is 0 Å². The molecule has 0 aliphatic heterocycles. The van der Waals surface area contributed by atoms with Gasteiger partial charge in [-0.25, -0.2) is 5.43 Å². The van der Waals surface area contributed by atoms with Crippen LogP contribution in [0.1, 0.15) is 15.2 Å². The molecule has 0 aliphatic rings. The third-order valence-corrected chi connectivity index (χ3v) is 3.54. The Labute approximate surface area is 127 Å². The summed E-state index contributed by atoms with van der Waals surface area (Å²) in [7, 11) is 0. The van der Waals surface area contributed by atoms with E-state index in [1.54, 1.807) is 0 Å². The topological polar surface area (TPSA) is 84.6 Å². The highest BCUT2D eigenvalue weighted by molar-refractivity contribution is 7.12. The molecular weight excluding hydrogens is 321 g/mol. The predicted molar refractivity (Wildman–Crippen MR) is 77.4 cm³/mol. The van der Waals surface area contributed by atoms with Crippen molar-refractivity contribution in [3.63, 3.8) is 0 Å². The van der Waals surface area contributed by atoms with Crippen LogP contribution in [0.3, 0.4) is 0 Å². The zero-order valence-corrected chi connectivity index (χ0v) is 11.8. The third-order valence-electron chi connectivity index (χ3n) is 2.34. The maximum atomic E-state index is 12.8. The van der Waals surface area contributed by atoms with Crippen LogP contribution in [0.15, 0.2) is 35.4 Å². The van der Waals surface area contributed by atoms with Gasteiger partial charge >= 0.3 is 0 Å². The average molecular weight is 328 g/mol. The largest absolute Gasteiger partial charge is 0.288 e. The van der Waals surface area contributed by atoms with E-state index < -0.39 is 16.0 Å². The molecule has 0 atom stereocenters. The van der Waals surface area contributed by atoms with E-state index in [1.807, 2.05) is 0 Å². The van der Waals surface area contributed by atoms with Crippen LogP contribution in [0, 0.1) is 15.2 Å². The molecule has 2 aromatic rings. The molecule has 0 radical (unpaired) electrons.